The van der Waals surface area contributed by atoms with Crippen molar-refractivity contribution >= 4 is 31.8 Å². The van der Waals surface area contributed by atoms with Crippen molar-refractivity contribution in [2.75, 3.05) is 0 Å². The minimum absolute atomic E-state index is 0.0771. The smallest absolute Gasteiger partial charge is 0.450 e. The molecule has 11 heteroatoms. The summed E-state index contributed by atoms with van der Waals surface area (Å²) in [4.78, 5) is 0.337. The first-order chi connectivity index (χ1) is 11.9. The Hall–Kier alpha value is -1.29. The van der Waals surface area contributed by atoms with E-state index < -0.39 is 37.1 Å². The van der Waals surface area contributed by atoms with Crippen LogP contribution in [-0.2, 0) is 5.92 Å². The largest absolute Gasteiger partial charge is 0.488 e. The molecular formula is C15H14B2F5O3S. The van der Waals surface area contributed by atoms with Crippen LogP contribution in [0.25, 0.3) is 0 Å². The molecule has 3 nitrogen and oxygen atoms in total. The van der Waals surface area contributed by atoms with E-state index in [-0.39, 0.29) is 20.7 Å². The average molecular weight is 391 g/mol. The molecule has 0 spiro atoms. The maximum atomic E-state index is 13.6. The van der Waals surface area contributed by atoms with Crippen molar-refractivity contribution in [3.8, 4) is 0 Å². The number of thioether (sulfide) groups is 1. The standard InChI is InChI=1S/C15H14B2F5O3S/c1-14(18,19)8-2-10(16-23)6-12(4-8)26-13-5-9(15(20,21)22)3-11(7-13)17(24)25/h2-4,6-7,9,23-25H,5H2,1H3. The van der Waals surface area contributed by atoms with E-state index in [9.17, 15) is 32.0 Å². The molecule has 0 bridgehead atoms. The summed E-state index contributed by atoms with van der Waals surface area (Å²) >= 11 is 0.799. The van der Waals surface area contributed by atoms with Crippen LogP contribution < -0.4 is 5.46 Å². The van der Waals surface area contributed by atoms with E-state index in [0.717, 1.165) is 30.0 Å². The number of halogens is 5. The minimum Gasteiger partial charge on any atom is -0.450 e. The van der Waals surface area contributed by atoms with Crippen LogP contribution in [-0.4, -0.2) is 35.8 Å². The molecule has 1 radical (unpaired) electrons. The molecule has 139 valence electrons. The number of benzene rings is 1. The number of allylic oxidation sites excluding steroid dienone is 4. The predicted octanol–water partition coefficient (Wildman–Crippen LogP) is 2.53. The lowest BCUT2D eigenvalue weighted by atomic mass is 9.74. The summed E-state index contributed by atoms with van der Waals surface area (Å²) in [6.45, 7) is 0.667. The molecule has 1 aromatic rings. The van der Waals surface area contributed by atoms with Crippen LogP contribution in [0, 0.1) is 5.92 Å². The van der Waals surface area contributed by atoms with Crippen molar-refractivity contribution in [1.82, 2.24) is 0 Å². The third-order valence-corrected chi connectivity index (χ3v) is 4.71. The highest BCUT2D eigenvalue weighted by atomic mass is 32.2. The molecule has 0 saturated carbocycles. The molecule has 2 rings (SSSR count). The van der Waals surface area contributed by atoms with Gasteiger partial charge in [-0.2, -0.15) is 13.2 Å². The Morgan fingerprint density at radius 3 is 2.31 bits per heavy atom. The van der Waals surface area contributed by atoms with Crippen LogP contribution in [0.5, 0.6) is 0 Å². The summed E-state index contributed by atoms with van der Waals surface area (Å²) in [5.74, 6) is -5.11. The van der Waals surface area contributed by atoms with Gasteiger partial charge in [0, 0.05) is 17.4 Å². The summed E-state index contributed by atoms with van der Waals surface area (Å²) in [5, 5.41) is 27.5. The maximum Gasteiger partial charge on any atom is 0.488 e. The second-order valence-electron chi connectivity index (χ2n) is 5.91. The van der Waals surface area contributed by atoms with E-state index in [1.165, 1.54) is 12.1 Å². The van der Waals surface area contributed by atoms with Gasteiger partial charge in [0.1, 0.15) is 0 Å². The number of alkyl halides is 5. The van der Waals surface area contributed by atoms with Gasteiger partial charge in [-0.15, -0.1) is 0 Å². The van der Waals surface area contributed by atoms with E-state index in [2.05, 4.69) is 0 Å². The topological polar surface area (TPSA) is 60.7 Å². The lowest BCUT2D eigenvalue weighted by Crippen LogP contribution is -2.26. The highest BCUT2D eigenvalue weighted by Crippen LogP contribution is 2.42. The van der Waals surface area contributed by atoms with Crippen molar-refractivity contribution in [2.45, 2.75) is 30.3 Å². The zero-order valence-corrected chi connectivity index (χ0v) is 14.3. The van der Waals surface area contributed by atoms with Crippen LogP contribution >= 0.6 is 11.8 Å². The molecule has 3 N–H and O–H groups in total. The Kier molecular flexibility index (Phi) is 6.27. The fourth-order valence-corrected chi connectivity index (χ4v) is 3.54. The molecule has 1 atom stereocenters. The Morgan fingerprint density at radius 1 is 1.15 bits per heavy atom. The van der Waals surface area contributed by atoms with Crippen LogP contribution in [0.4, 0.5) is 22.0 Å². The fraction of sp³-hybridized carbons (Fsp3) is 0.333. The van der Waals surface area contributed by atoms with E-state index in [1.54, 1.807) is 0 Å². The second kappa shape index (κ2) is 7.75. The van der Waals surface area contributed by atoms with Crippen molar-refractivity contribution in [3.05, 3.63) is 46.3 Å². The van der Waals surface area contributed by atoms with Crippen molar-refractivity contribution in [1.29, 1.82) is 0 Å². The number of hydrogen-bond donors (Lipinski definition) is 3. The molecule has 1 unspecified atom stereocenters. The van der Waals surface area contributed by atoms with Crippen molar-refractivity contribution in [2.24, 2.45) is 5.92 Å². The molecule has 0 heterocycles. The van der Waals surface area contributed by atoms with Crippen molar-refractivity contribution in [3.63, 3.8) is 0 Å². The first-order valence-corrected chi connectivity index (χ1v) is 8.25. The van der Waals surface area contributed by atoms with Crippen molar-refractivity contribution < 1.29 is 37.0 Å². The molecule has 0 saturated heterocycles. The fourth-order valence-electron chi connectivity index (χ4n) is 2.40. The molecule has 1 aromatic carbocycles. The molecule has 0 aliphatic heterocycles. The Balaban J connectivity index is 2.36. The summed E-state index contributed by atoms with van der Waals surface area (Å²) < 4.78 is 66.3. The lowest BCUT2D eigenvalue weighted by Gasteiger charge is -2.24. The van der Waals surface area contributed by atoms with Gasteiger partial charge in [0.15, 0.2) is 0 Å². The van der Waals surface area contributed by atoms with Crippen LogP contribution in [0.2, 0.25) is 0 Å². The predicted molar refractivity (Wildman–Crippen MR) is 90.0 cm³/mol. The SMILES string of the molecule is CC(F)(F)c1cc([B]O)cc(SC2=CC(B(O)O)=CC(C(F)(F)F)C2)c1. The van der Waals surface area contributed by atoms with Gasteiger partial charge in [0.05, 0.1) is 5.92 Å². The Bertz CT molecular complexity index is 729. The summed E-state index contributed by atoms with van der Waals surface area (Å²) in [5.41, 5.74) is -0.634. The quantitative estimate of drug-likeness (QED) is 0.534. The molecular weight excluding hydrogens is 377 g/mol. The van der Waals surface area contributed by atoms with Gasteiger partial charge in [0.25, 0.3) is 5.92 Å². The highest BCUT2D eigenvalue weighted by molar-refractivity contribution is 8.03. The molecule has 0 aromatic heterocycles. The van der Waals surface area contributed by atoms with Gasteiger partial charge in [0.2, 0.25) is 0 Å². The first-order valence-electron chi connectivity index (χ1n) is 7.44. The third-order valence-electron chi connectivity index (χ3n) is 3.69. The van der Waals surface area contributed by atoms with Gasteiger partial charge in [-0.1, -0.05) is 41.5 Å². The van der Waals surface area contributed by atoms with Gasteiger partial charge in [-0.05, 0) is 22.9 Å². The van der Waals surface area contributed by atoms with Gasteiger partial charge < -0.3 is 15.1 Å². The summed E-state index contributed by atoms with van der Waals surface area (Å²) in [7, 11) is -1.46. The van der Waals surface area contributed by atoms with Gasteiger partial charge in [-0.25, -0.2) is 8.78 Å². The van der Waals surface area contributed by atoms with Crippen LogP contribution in [0.1, 0.15) is 18.9 Å². The normalized spacial score (nSPS) is 18.3. The van der Waals surface area contributed by atoms with Gasteiger partial charge >= 0.3 is 20.8 Å². The molecule has 1 aliphatic rings. The second-order valence-corrected chi connectivity index (χ2v) is 7.11. The Labute approximate surface area is 152 Å². The average Bonchev–Trinajstić information content (AvgIpc) is 2.52. The van der Waals surface area contributed by atoms with E-state index in [1.807, 2.05) is 0 Å². The third kappa shape index (κ3) is 5.35. The number of hydrogen-bond acceptors (Lipinski definition) is 4. The number of rotatable bonds is 5. The Morgan fingerprint density at radius 2 is 1.81 bits per heavy atom. The van der Waals surface area contributed by atoms with E-state index in [0.29, 0.717) is 14.4 Å². The minimum atomic E-state index is -4.58. The zero-order valence-electron chi connectivity index (χ0n) is 13.5. The van der Waals surface area contributed by atoms with E-state index >= 15 is 0 Å². The molecule has 26 heavy (non-hydrogen) atoms. The molecule has 0 amide bonds. The zero-order chi connectivity index (χ0) is 19.7. The molecule has 0 fully saturated rings. The van der Waals surface area contributed by atoms with Crippen LogP contribution in [0.15, 0.2) is 45.6 Å². The monoisotopic (exact) mass is 391 g/mol. The highest BCUT2D eigenvalue weighted by Gasteiger charge is 2.41. The molecule has 1 aliphatic carbocycles. The maximum absolute atomic E-state index is 13.6. The van der Waals surface area contributed by atoms with Crippen LogP contribution in [0.3, 0.4) is 0 Å². The summed E-state index contributed by atoms with van der Waals surface area (Å²) in [6, 6.07) is 3.53. The summed E-state index contributed by atoms with van der Waals surface area (Å²) in [6.07, 6.45) is -3.10. The first kappa shape index (κ1) is 21.0. The lowest BCUT2D eigenvalue weighted by molar-refractivity contribution is -0.160. The van der Waals surface area contributed by atoms with Gasteiger partial charge in [-0.3, -0.25) is 0 Å². The van der Waals surface area contributed by atoms with E-state index in [4.69, 9.17) is 5.02 Å².